The lowest BCUT2D eigenvalue weighted by atomic mass is 10.1. The summed E-state index contributed by atoms with van der Waals surface area (Å²) in [5.74, 6) is -0.312. The van der Waals surface area contributed by atoms with E-state index in [1.165, 1.54) is 26.4 Å². The van der Waals surface area contributed by atoms with Gasteiger partial charge in [-0.2, -0.15) is 0 Å². The second kappa shape index (κ2) is 8.52. The summed E-state index contributed by atoms with van der Waals surface area (Å²) in [5, 5.41) is 2.51. The van der Waals surface area contributed by atoms with E-state index in [4.69, 9.17) is 9.47 Å². The van der Waals surface area contributed by atoms with Crippen LogP contribution in [0, 0.1) is 0 Å². The Bertz CT molecular complexity index is 790. The van der Waals surface area contributed by atoms with Crippen LogP contribution >= 0.6 is 15.9 Å². The van der Waals surface area contributed by atoms with Crippen LogP contribution < -0.4 is 14.8 Å². The number of nitrogens with zero attached hydrogens (tertiary/aromatic N) is 1. The van der Waals surface area contributed by atoms with Crippen LogP contribution in [-0.2, 0) is 14.3 Å². The first-order valence-corrected chi connectivity index (χ1v) is 8.23. The number of imide groups is 1. The van der Waals surface area contributed by atoms with Gasteiger partial charge in [0.2, 0.25) is 0 Å². The average molecular weight is 425 g/mol. The molecule has 1 aliphatic rings. The second-order valence-electron chi connectivity index (χ2n) is 5.08. The molecular formula is C17H17BrN2O6. The van der Waals surface area contributed by atoms with Gasteiger partial charge in [0.15, 0.2) is 18.1 Å². The summed E-state index contributed by atoms with van der Waals surface area (Å²) in [6.07, 6.45) is 2.98. The fourth-order valence-corrected chi connectivity index (χ4v) is 2.59. The maximum atomic E-state index is 12.3. The van der Waals surface area contributed by atoms with E-state index >= 15 is 0 Å². The Labute approximate surface area is 158 Å². The normalized spacial score (nSPS) is 15.0. The number of hydrogen-bond donors (Lipinski definition) is 1. The van der Waals surface area contributed by atoms with Crippen molar-refractivity contribution in [3.63, 3.8) is 0 Å². The minimum Gasteiger partial charge on any atom is -0.493 e. The maximum absolute atomic E-state index is 12.3. The van der Waals surface area contributed by atoms with E-state index in [1.807, 2.05) is 0 Å². The molecule has 0 aromatic heterocycles. The SMILES string of the molecule is C=CCN1C(=O)N/C(=C/c2cc(OC)c(OCC(=O)OC)cc2Br)C1=O. The molecule has 1 fully saturated rings. The van der Waals surface area contributed by atoms with Gasteiger partial charge in [-0.3, -0.25) is 9.69 Å². The summed E-state index contributed by atoms with van der Waals surface area (Å²) in [7, 11) is 2.70. The summed E-state index contributed by atoms with van der Waals surface area (Å²) in [6.45, 7) is 3.37. The van der Waals surface area contributed by atoms with Crippen molar-refractivity contribution in [2.24, 2.45) is 0 Å². The van der Waals surface area contributed by atoms with Crippen LogP contribution in [0.25, 0.3) is 6.08 Å². The number of carbonyl (C=O) groups is 3. The molecule has 1 N–H and O–H groups in total. The summed E-state index contributed by atoms with van der Waals surface area (Å²) < 4.78 is 15.7. The van der Waals surface area contributed by atoms with Crippen molar-refractivity contribution in [1.82, 2.24) is 10.2 Å². The molecule has 0 spiro atoms. The highest BCUT2D eigenvalue weighted by atomic mass is 79.9. The molecule has 0 saturated carbocycles. The highest BCUT2D eigenvalue weighted by molar-refractivity contribution is 9.10. The molecule has 0 bridgehead atoms. The lowest BCUT2D eigenvalue weighted by Gasteiger charge is -2.12. The van der Waals surface area contributed by atoms with Gasteiger partial charge < -0.3 is 19.5 Å². The third-order valence-electron chi connectivity index (χ3n) is 3.43. The van der Waals surface area contributed by atoms with Crippen molar-refractivity contribution in [2.45, 2.75) is 0 Å². The van der Waals surface area contributed by atoms with E-state index in [1.54, 1.807) is 12.1 Å². The number of rotatable bonds is 7. The van der Waals surface area contributed by atoms with Crippen LogP contribution in [0.1, 0.15) is 5.56 Å². The van der Waals surface area contributed by atoms with E-state index in [2.05, 4.69) is 32.6 Å². The van der Waals surface area contributed by atoms with Gasteiger partial charge in [0, 0.05) is 11.0 Å². The largest absolute Gasteiger partial charge is 0.493 e. The molecule has 8 nitrogen and oxygen atoms in total. The Balaban J connectivity index is 2.30. The Morgan fingerprint density at radius 1 is 1.31 bits per heavy atom. The van der Waals surface area contributed by atoms with Crippen LogP contribution in [0.3, 0.4) is 0 Å². The molecule has 3 amide bonds. The van der Waals surface area contributed by atoms with E-state index in [0.717, 1.165) is 4.90 Å². The molecule has 1 heterocycles. The molecule has 0 unspecified atom stereocenters. The lowest BCUT2D eigenvalue weighted by molar-refractivity contribution is -0.142. The molecule has 0 radical (unpaired) electrons. The van der Waals surface area contributed by atoms with Gasteiger partial charge in [-0.1, -0.05) is 22.0 Å². The summed E-state index contributed by atoms with van der Waals surface area (Å²) in [5.41, 5.74) is 0.708. The van der Waals surface area contributed by atoms with Crippen molar-refractivity contribution in [2.75, 3.05) is 27.4 Å². The van der Waals surface area contributed by atoms with Crippen LogP contribution in [0.15, 0.2) is 35.0 Å². The molecule has 1 aliphatic heterocycles. The van der Waals surface area contributed by atoms with Crippen molar-refractivity contribution in [3.05, 3.63) is 40.5 Å². The number of methoxy groups -OCH3 is 2. The summed E-state index contributed by atoms with van der Waals surface area (Å²) in [4.78, 5) is 36.3. The molecule has 26 heavy (non-hydrogen) atoms. The molecular weight excluding hydrogens is 408 g/mol. The quantitative estimate of drug-likeness (QED) is 0.311. The van der Waals surface area contributed by atoms with Crippen molar-refractivity contribution >= 4 is 39.9 Å². The van der Waals surface area contributed by atoms with Crippen molar-refractivity contribution in [3.8, 4) is 11.5 Å². The Hall–Kier alpha value is -2.81. The number of urea groups is 1. The predicted octanol–water partition coefficient (Wildman–Crippen LogP) is 2.09. The Morgan fingerprint density at radius 2 is 2.04 bits per heavy atom. The standard InChI is InChI=1S/C17H17BrN2O6/c1-4-5-20-16(22)12(19-17(20)23)6-10-7-13(24-2)14(8-11(10)18)26-9-15(21)25-3/h4,6-8H,1,5,9H2,2-3H3,(H,19,23)/b12-6+. The van der Waals surface area contributed by atoms with E-state index < -0.39 is 17.9 Å². The molecule has 1 saturated heterocycles. The number of ether oxygens (including phenoxy) is 3. The smallest absolute Gasteiger partial charge is 0.343 e. The van der Waals surface area contributed by atoms with E-state index in [-0.39, 0.29) is 18.8 Å². The monoisotopic (exact) mass is 424 g/mol. The number of amides is 3. The number of carbonyl (C=O) groups excluding carboxylic acids is 3. The van der Waals surface area contributed by atoms with Crippen molar-refractivity contribution < 1.29 is 28.6 Å². The zero-order valence-corrected chi connectivity index (χ0v) is 15.8. The van der Waals surface area contributed by atoms with Crippen LogP contribution in [0.2, 0.25) is 0 Å². The van der Waals surface area contributed by atoms with Gasteiger partial charge in [-0.05, 0) is 23.8 Å². The topological polar surface area (TPSA) is 94.2 Å². The number of nitrogens with one attached hydrogen (secondary N) is 1. The van der Waals surface area contributed by atoms with Crippen LogP contribution in [-0.4, -0.2) is 50.2 Å². The molecule has 2 rings (SSSR count). The predicted molar refractivity (Wildman–Crippen MR) is 96.6 cm³/mol. The fraction of sp³-hybridized carbons (Fsp3) is 0.235. The number of halogens is 1. The Kier molecular flexibility index (Phi) is 6.40. The van der Waals surface area contributed by atoms with Gasteiger partial charge in [0.1, 0.15) is 5.70 Å². The second-order valence-corrected chi connectivity index (χ2v) is 5.94. The van der Waals surface area contributed by atoms with Crippen molar-refractivity contribution in [1.29, 1.82) is 0 Å². The molecule has 9 heteroatoms. The first kappa shape index (κ1) is 19.5. The molecule has 138 valence electrons. The van der Waals surface area contributed by atoms with Gasteiger partial charge in [0.05, 0.1) is 14.2 Å². The zero-order chi connectivity index (χ0) is 19.3. The number of benzene rings is 1. The third kappa shape index (κ3) is 4.23. The molecule has 0 aliphatic carbocycles. The van der Waals surface area contributed by atoms with Crippen LogP contribution in [0.5, 0.6) is 11.5 Å². The first-order chi connectivity index (χ1) is 12.4. The third-order valence-corrected chi connectivity index (χ3v) is 4.12. The lowest BCUT2D eigenvalue weighted by Crippen LogP contribution is -2.30. The number of esters is 1. The van der Waals surface area contributed by atoms with Gasteiger partial charge in [-0.15, -0.1) is 6.58 Å². The molecule has 1 aromatic rings. The van der Waals surface area contributed by atoms with Gasteiger partial charge in [-0.25, -0.2) is 9.59 Å². The van der Waals surface area contributed by atoms with E-state index in [9.17, 15) is 14.4 Å². The maximum Gasteiger partial charge on any atom is 0.343 e. The first-order valence-electron chi connectivity index (χ1n) is 7.43. The minimum atomic E-state index is -0.532. The molecule has 0 atom stereocenters. The Morgan fingerprint density at radius 3 is 2.65 bits per heavy atom. The van der Waals surface area contributed by atoms with Crippen LogP contribution in [0.4, 0.5) is 4.79 Å². The van der Waals surface area contributed by atoms with Gasteiger partial charge >= 0.3 is 12.0 Å². The summed E-state index contributed by atoms with van der Waals surface area (Å²) >= 11 is 3.37. The summed E-state index contributed by atoms with van der Waals surface area (Å²) in [6, 6.07) is 2.69. The van der Waals surface area contributed by atoms with Gasteiger partial charge in [0.25, 0.3) is 5.91 Å². The van der Waals surface area contributed by atoms with E-state index in [0.29, 0.717) is 21.5 Å². The average Bonchev–Trinajstić information content (AvgIpc) is 2.89. The highest BCUT2D eigenvalue weighted by Crippen LogP contribution is 2.35. The highest BCUT2D eigenvalue weighted by Gasteiger charge is 2.32. The fourth-order valence-electron chi connectivity index (χ4n) is 2.15. The zero-order valence-electron chi connectivity index (χ0n) is 14.2. The number of hydrogen-bond acceptors (Lipinski definition) is 6. The minimum absolute atomic E-state index is 0.118. The molecule has 1 aromatic carbocycles.